The molecule has 2 unspecified atom stereocenters. The topological polar surface area (TPSA) is 216 Å². The predicted molar refractivity (Wildman–Crippen MR) is 102 cm³/mol. The van der Waals surface area contributed by atoms with Crippen molar-refractivity contribution in [3.05, 3.63) is 22.7 Å². The Balaban J connectivity index is 1.96. The van der Waals surface area contributed by atoms with E-state index in [-0.39, 0.29) is 12.4 Å². The summed E-state index contributed by atoms with van der Waals surface area (Å²) in [5, 5.41) is 20.2. The minimum absolute atomic E-state index is 0.0734. The van der Waals surface area contributed by atoms with Gasteiger partial charge in [-0.25, -0.2) is 13.7 Å². The lowest BCUT2D eigenvalue weighted by Gasteiger charge is -2.27. The smallest absolute Gasteiger partial charge is 0.478 e. The van der Waals surface area contributed by atoms with Crippen molar-refractivity contribution in [1.29, 1.82) is 0 Å². The zero-order valence-corrected chi connectivity index (χ0v) is 18.8. The molecule has 1 fully saturated rings. The van der Waals surface area contributed by atoms with Crippen molar-refractivity contribution in [3.8, 4) is 0 Å². The first kappa shape index (κ1) is 26.0. The Hall–Kier alpha value is -1.22. The van der Waals surface area contributed by atoms with Gasteiger partial charge in [-0.15, -0.1) is 0 Å². The van der Waals surface area contributed by atoms with Gasteiger partial charge in [-0.2, -0.15) is 4.98 Å². The summed E-state index contributed by atoms with van der Waals surface area (Å²) in [5.74, 6) is -0.0734. The van der Waals surface area contributed by atoms with Gasteiger partial charge in [-0.3, -0.25) is 13.7 Å². The monoisotopic (exact) mass is 488 g/mol. The average molecular weight is 488 g/mol. The molecule has 6 atom stereocenters. The average Bonchev–Trinajstić information content (AvgIpc) is 2.86. The Labute approximate surface area is 177 Å². The highest BCUT2D eigenvalue weighted by Gasteiger charge is 2.45. The number of hydrogen-bond donors (Lipinski definition) is 4. The van der Waals surface area contributed by atoms with Gasteiger partial charge in [0.1, 0.15) is 37.3 Å². The minimum atomic E-state index is -5.36. The minimum Gasteiger partial charge on any atom is -0.756 e. The molecule has 0 saturated carbocycles. The lowest BCUT2D eigenvalue weighted by molar-refractivity contribution is -0.870. The molecule has 0 aromatic carbocycles. The van der Waals surface area contributed by atoms with E-state index in [4.69, 9.17) is 10.5 Å². The zero-order chi connectivity index (χ0) is 23.6. The van der Waals surface area contributed by atoms with Gasteiger partial charge >= 0.3 is 13.5 Å². The van der Waals surface area contributed by atoms with Crippen molar-refractivity contribution in [3.63, 3.8) is 0 Å². The molecule has 1 aliphatic rings. The number of anilines is 1. The Kier molecular flexibility index (Phi) is 8.17. The summed E-state index contributed by atoms with van der Waals surface area (Å²) in [6.45, 7) is -0.857. The van der Waals surface area contributed by atoms with Crippen LogP contribution in [-0.4, -0.2) is 88.4 Å². The SMILES string of the molecule is C[N+](C)(C)CCOP(=O)(O)OP(=O)([O-])OC[C@H]1O[C@@H](n2ccc(N)nc2=O)[C@@H](O)[C@H]1O. The molecule has 0 amide bonds. The number of quaternary nitrogens is 1. The third-order valence-corrected chi connectivity index (χ3v) is 6.68. The predicted octanol–water partition coefficient (Wildman–Crippen LogP) is -2.23. The molecule has 1 aliphatic heterocycles. The second-order valence-electron chi connectivity index (χ2n) is 7.73. The van der Waals surface area contributed by atoms with Crippen LogP contribution in [-0.2, 0) is 27.2 Å². The number of phosphoric ester groups is 2. The number of aliphatic hydroxyl groups excluding tert-OH is 2. The Morgan fingerprint density at radius 3 is 2.52 bits per heavy atom. The molecule has 0 spiro atoms. The van der Waals surface area contributed by atoms with E-state index in [1.54, 1.807) is 21.1 Å². The normalized spacial score (nSPS) is 28.2. The van der Waals surface area contributed by atoms with Gasteiger partial charge in [0.05, 0.1) is 27.7 Å². The molecule has 0 bridgehead atoms. The van der Waals surface area contributed by atoms with Gasteiger partial charge in [0.15, 0.2) is 6.23 Å². The molecule has 5 N–H and O–H groups in total. The molecule has 0 aliphatic carbocycles. The standard InChI is InChI=1S/C14H26N4O11P2/c1-18(2,3)6-7-26-30(22,23)29-31(24,25)27-8-9-11(19)12(20)13(28-9)17-5-4-10(15)16-14(17)21/h4-5,9,11-13,19-20H,6-8H2,1-3H3,(H3-,15,16,21,22,23,24,25)/t9-,11+,12+,13-/m1/s1. The van der Waals surface area contributed by atoms with Crippen molar-refractivity contribution in [2.24, 2.45) is 0 Å². The fraction of sp³-hybridized carbons (Fsp3) is 0.714. The molecule has 1 saturated heterocycles. The molecule has 2 rings (SSSR count). The van der Waals surface area contributed by atoms with Gasteiger partial charge in [-0.1, -0.05) is 0 Å². The van der Waals surface area contributed by atoms with Gasteiger partial charge in [0.2, 0.25) is 0 Å². The lowest BCUT2D eigenvalue weighted by atomic mass is 10.1. The number of phosphoric acid groups is 2. The van der Waals surface area contributed by atoms with Crippen molar-refractivity contribution >= 4 is 21.5 Å². The van der Waals surface area contributed by atoms with Crippen LogP contribution in [0.5, 0.6) is 0 Å². The number of aliphatic hydroxyl groups is 2. The van der Waals surface area contributed by atoms with E-state index in [2.05, 4.69) is 18.3 Å². The first-order valence-electron chi connectivity index (χ1n) is 8.91. The molecule has 31 heavy (non-hydrogen) atoms. The van der Waals surface area contributed by atoms with Crippen LogP contribution in [0.2, 0.25) is 0 Å². The number of nitrogens with zero attached hydrogens (tertiary/aromatic N) is 3. The summed E-state index contributed by atoms with van der Waals surface area (Å²) in [4.78, 5) is 36.8. The van der Waals surface area contributed by atoms with E-state index in [1.165, 1.54) is 12.3 Å². The number of rotatable bonds is 10. The number of ether oxygens (including phenoxy) is 1. The molecule has 15 nitrogen and oxygen atoms in total. The Bertz CT molecular complexity index is 920. The van der Waals surface area contributed by atoms with Crippen LogP contribution in [0.15, 0.2) is 17.1 Å². The molecule has 1 aromatic heterocycles. The van der Waals surface area contributed by atoms with Gasteiger partial charge in [0, 0.05) is 6.20 Å². The van der Waals surface area contributed by atoms with Crippen molar-refractivity contribution in [2.75, 3.05) is 46.6 Å². The highest BCUT2D eigenvalue weighted by atomic mass is 31.3. The second kappa shape index (κ2) is 9.73. The third-order valence-electron chi connectivity index (χ3n) is 4.08. The molecule has 1 aromatic rings. The van der Waals surface area contributed by atoms with Crippen molar-refractivity contribution in [1.82, 2.24) is 9.55 Å². The van der Waals surface area contributed by atoms with Crippen LogP contribution >= 0.6 is 15.6 Å². The van der Waals surface area contributed by atoms with Crippen molar-refractivity contribution in [2.45, 2.75) is 24.5 Å². The van der Waals surface area contributed by atoms with Crippen LogP contribution in [0.4, 0.5) is 5.82 Å². The van der Waals surface area contributed by atoms with E-state index < -0.39 is 52.5 Å². The van der Waals surface area contributed by atoms with Gasteiger partial charge in [-0.05, 0) is 6.07 Å². The maximum absolute atomic E-state index is 11.9. The van der Waals surface area contributed by atoms with Crippen LogP contribution in [0, 0.1) is 0 Å². The number of likely N-dealkylation sites (N-methyl/N-ethyl adjacent to an activating group) is 1. The zero-order valence-electron chi connectivity index (χ0n) is 17.0. The molecular weight excluding hydrogens is 462 g/mol. The fourth-order valence-corrected chi connectivity index (χ4v) is 4.51. The quantitative estimate of drug-likeness (QED) is 0.203. The number of aromatic nitrogens is 2. The first-order chi connectivity index (χ1) is 14.1. The van der Waals surface area contributed by atoms with E-state index in [9.17, 15) is 33.9 Å². The largest absolute Gasteiger partial charge is 0.756 e. The lowest BCUT2D eigenvalue weighted by Crippen LogP contribution is -2.37. The number of nitrogen functional groups attached to an aromatic ring is 1. The van der Waals surface area contributed by atoms with Crippen LogP contribution in [0.25, 0.3) is 0 Å². The van der Waals surface area contributed by atoms with E-state index in [0.29, 0.717) is 11.0 Å². The first-order valence-corrected chi connectivity index (χ1v) is 11.9. The van der Waals surface area contributed by atoms with Gasteiger partial charge < -0.3 is 39.5 Å². The summed E-state index contributed by atoms with van der Waals surface area (Å²) in [6, 6.07) is 1.25. The van der Waals surface area contributed by atoms with E-state index in [0.717, 1.165) is 4.57 Å². The summed E-state index contributed by atoms with van der Waals surface area (Å²) in [5.41, 5.74) is 4.51. The van der Waals surface area contributed by atoms with Crippen molar-refractivity contribution < 1.29 is 51.7 Å². The van der Waals surface area contributed by atoms with E-state index >= 15 is 0 Å². The van der Waals surface area contributed by atoms with Crippen LogP contribution in [0.1, 0.15) is 6.23 Å². The maximum Gasteiger partial charge on any atom is 0.478 e. The molecular formula is C14H26N4O11P2. The number of hydrogen-bond acceptors (Lipinski definition) is 12. The molecule has 0 radical (unpaired) electrons. The highest BCUT2D eigenvalue weighted by Crippen LogP contribution is 2.58. The Morgan fingerprint density at radius 1 is 1.29 bits per heavy atom. The molecule has 178 valence electrons. The summed E-state index contributed by atoms with van der Waals surface area (Å²) >= 11 is 0. The van der Waals surface area contributed by atoms with E-state index in [1.807, 2.05) is 0 Å². The number of nitrogens with two attached hydrogens (primary N) is 1. The third kappa shape index (κ3) is 7.70. The summed E-state index contributed by atoms with van der Waals surface area (Å²) in [6.07, 6.45) is -4.94. The fourth-order valence-electron chi connectivity index (χ4n) is 2.48. The molecule has 2 heterocycles. The maximum atomic E-state index is 11.9. The van der Waals surface area contributed by atoms with Crippen LogP contribution in [0.3, 0.4) is 0 Å². The van der Waals surface area contributed by atoms with Gasteiger partial charge in [0.25, 0.3) is 7.82 Å². The highest BCUT2D eigenvalue weighted by molar-refractivity contribution is 7.60. The summed E-state index contributed by atoms with van der Waals surface area (Å²) < 4.78 is 43.4. The molecule has 17 heteroatoms. The second-order valence-corrected chi connectivity index (χ2v) is 10.7. The summed E-state index contributed by atoms with van der Waals surface area (Å²) in [7, 11) is -4.99. The van der Waals surface area contributed by atoms with Crippen LogP contribution < -0.4 is 16.3 Å². The Morgan fingerprint density at radius 2 is 1.94 bits per heavy atom.